The van der Waals surface area contributed by atoms with Gasteiger partial charge >= 0.3 is 0 Å². The summed E-state index contributed by atoms with van der Waals surface area (Å²) in [6.07, 6.45) is 4.86. The molecule has 0 aliphatic carbocycles. The van der Waals surface area contributed by atoms with Gasteiger partial charge in [0.15, 0.2) is 0 Å². The number of carbonyl (C=O) groups is 1. The van der Waals surface area contributed by atoms with Crippen LogP contribution in [0.2, 0.25) is 0 Å². The second kappa shape index (κ2) is 9.67. The number of likely N-dealkylation sites (tertiary alicyclic amines) is 1. The smallest absolute Gasteiger partial charge is 0.270 e. The van der Waals surface area contributed by atoms with Crippen LogP contribution in [0.3, 0.4) is 0 Å². The third kappa shape index (κ3) is 4.21. The Morgan fingerprint density at radius 1 is 1.08 bits per heavy atom. The van der Waals surface area contributed by atoms with E-state index in [4.69, 9.17) is 14.5 Å². The summed E-state index contributed by atoms with van der Waals surface area (Å²) in [4.78, 5) is 37.8. The number of fused-ring (bicyclic) bond motifs is 3. The Hall–Kier alpha value is -4.24. The number of hydrogen-bond acceptors (Lipinski definition) is 6. The standard InChI is InChI=1S/C28H27N5O4/c1-36-17-16-32-22(18-21-26(32)30-24-9-2-3-13-33(24)27(21)34)28(35)31-14-10-20(11-15-31)37-23-8-4-6-19-7-5-12-29-25(19)23/h2-9,12-13,18,20H,10-11,14-17H2,1H3. The normalized spacial score (nSPS) is 14.6. The number of methoxy groups -OCH3 is 1. The van der Waals surface area contributed by atoms with Crippen LogP contribution >= 0.6 is 0 Å². The first-order valence-corrected chi connectivity index (χ1v) is 12.4. The van der Waals surface area contributed by atoms with Gasteiger partial charge in [0.05, 0.1) is 12.0 Å². The molecule has 1 aromatic carbocycles. The highest BCUT2D eigenvalue weighted by atomic mass is 16.5. The number of para-hydroxylation sites is 1. The molecule has 0 radical (unpaired) electrons. The molecular weight excluding hydrogens is 470 g/mol. The third-order valence-electron chi connectivity index (χ3n) is 6.93. The first kappa shape index (κ1) is 23.2. The molecule has 4 aromatic heterocycles. The quantitative estimate of drug-likeness (QED) is 0.357. The van der Waals surface area contributed by atoms with E-state index >= 15 is 0 Å². The molecule has 0 bridgehead atoms. The van der Waals surface area contributed by atoms with Gasteiger partial charge in [-0.1, -0.05) is 24.3 Å². The molecule has 1 aliphatic rings. The van der Waals surface area contributed by atoms with Crippen molar-refractivity contribution in [2.24, 2.45) is 0 Å². The summed E-state index contributed by atoms with van der Waals surface area (Å²) in [6, 6.07) is 16.9. The minimum Gasteiger partial charge on any atom is -0.488 e. The van der Waals surface area contributed by atoms with Crippen molar-refractivity contribution in [2.75, 3.05) is 26.8 Å². The maximum atomic E-state index is 13.7. The molecule has 188 valence electrons. The van der Waals surface area contributed by atoms with Crippen LogP contribution in [0.25, 0.3) is 27.6 Å². The zero-order valence-electron chi connectivity index (χ0n) is 20.5. The van der Waals surface area contributed by atoms with Crippen molar-refractivity contribution in [1.29, 1.82) is 0 Å². The van der Waals surface area contributed by atoms with E-state index < -0.39 is 0 Å². The summed E-state index contributed by atoms with van der Waals surface area (Å²) < 4.78 is 14.9. The average molecular weight is 498 g/mol. The lowest BCUT2D eigenvalue weighted by Crippen LogP contribution is -2.42. The lowest BCUT2D eigenvalue weighted by atomic mass is 10.1. The SMILES string of the molecule is COCCn1c(C(=O)N2CCC(Oc3cccc4cccnc34)CC2)cc2c(=O)n3ccccc3nc21. The number of piperidine rings is 1. The van der Waals surface area contributed by atoms with Crippen LogP contribution in [0.5, 0.6) is 5.75 Å². The van der Waals surface area contributed by atoms with Gasteiger partial charge in [0.25, 0.3) is 11.5 Å². The fourth-order valence-corrected chi connectivity index (χ4v) is 5.03. The summed E-state index contributed by atoms with van der Waals surface area (Å²) in [5, 5.41) is 1.46. The molecule has 1 saturated heterocycles. The molecule has 9 heteroatoms. The number of nitrogens with zero attached hydrogens (tertiary/aromatic N) is 5. The van der Waals surface area contributed by atoms with Crippen molar-refractivity contribution >= 4 is 33.5 Å². The number of benzene rings is 1. The Kier molecular flexibility index (Phi) is 6.05. The van der Waals surface area contributed by atoms with Gasteiger partial charge in [-0.15, -0.1) is 0 Å². The number of pyridine rings is 2. The van der Waals surface area contributed by atoms with Gasteiger partial charge in [-0.25, -0.2) is 4.98 Å². The molecule has 0 N–H and O–H groups in total. The fraction of sp³-hybridized carbons (Fsp3) is 0.286. The van der Waals surface area contributed by atoms with Crippen LogP contribution in [0.1, 0.15) is 23.3 Å². The number of carbonyl (C=O) groups excluding carboxylic acids is 1. The molecule has 1 fully saturated rings. The van der Waals surface area contributed by atoms with Crippen molar-refractivity contribution in [2.45, 2.75) is 25.5 Å². The van der Waals surface area contributed by atoms with E-state index in [9.17, 15) is 9.59 Å². The zero-order chi connectivity index (χ0) is 25.4. The number of rotatable bonds is 6. The summed E-state index contributed by atoms with van der Waals surface area (Å²) in [5.41, 5.74) is 2.14. The van der Waals surface area contributed by atoms with Crippen LogP contribution in [0, 0.1) is 0 Å². The maximum Gasteiger partial charge on any atom is 0.270 e. The molecule has 37 heavy (non-hydrogen) atoms. The third-order valence-corrected chi connectivity index (χ3v) is 6.93. The van der Waals surface area contributed by atoms with E-state index in [1.807, 2.05) is 41.3 Å². The minimum atomic E-state index is -0.193. The van der Waals surface area contributed by atoms with E-state index in [2.05, 4.69) is 4.98 Å². The minimum absolute atomic E-state index is 0.00684. The van der Waals surface area contributed by atoms with Crippen molar-refractivity contribution in [1.82, 2.24) is 23.8 Å². The van der Waals surface area contributed by atoms with Crippen molar-refractivity contribution in [3.8, 4) is 5.75 Å². The Labute approximate surface area is 212 Å². The van der Waals surface area contributed by atoms with Gasteiger partial charge < -0.3 is 18.9 Å². The Balaban J connectivity index is 1.25. The van der Waals surface area contributed by atoms with E-state index in [0.717, 1.165) is 16.7 Å². The second-order valence-corrected chi connectivity index (χ2v) is 9.20. The predicted octanol–water partition coefficient (Wildman–Crippen LogP) is 3.53. The van der Waals surface area contributed by atoms with Crippen LogP contribution in [0.15, 0.2) is 71.8 Å². The monoisotopic (exact) mass is 497 g/mol. The molecule has 1 amide bonds. The lowest BCUT2D eigenvalue weighted by molar-refractivity contribution is 0.0586. The van der Waals surface area contributed by atoms with E-state index in [-0.39, 0.29) is 17.6 Å². The highest BCUT2D eigenvalue weighted by molar-refractivity contribution is 5.98. The van der Waals surface area contributed by atoms with Gasteiger partial charge in [-0.05, 0) is 30.3 Å². The molecule has 5 aromatic rings. The largest absolute Gasteiger partial charge is 0.488 e. The Morgan fingerprint density at radius 2 is 1.92 bits per heavy atom. The van der Waals surface area contributed by atoms with E-state index in [0.29, 0.717) is 61.5 Å². The van der Waals surface area contributed by atoms with E-state index in [1.165, 1.54) is 4.40 Å². The van der Waals surface area contributed by atoms with Crippen molar-refractivity contribution in [3.05, 3.63) is 83.0 Å². The topological polar surface area (TPSA) is 91.0 Å². The van der Waals surface area contributed by atoms with Crippen molar-refractivity contribution < 1.29 is 14.3 Å². The van der Waals surface area contributed by atoms with E-state index in [1.54, 1.807) is 42.3 Å². The second-order valence-electron chi connectivity index (χ2n) is 9.20. The van der Waals surface area contributed by atoms with Gasteiger partial charge in [0.2, 0.25) is 0 Å². The number of amides is 1. The average Bonchev–Trinajstić information content (AvgIpc) is 3.31. The highest BCUT2D eigenvalue weighted by Crippen LogP contribution is 2.27. The summed E-state index contributed by atoms with van der Waals surface area (Å²) >= 11 is 0. The first-order valence-electron chi connectivity index (χ1n) is 12.4. The molecule has 0 saturated carbocycles. The molecule has 0 spiro atoms. The molecule has 9 nitrogen and oxygen atoms in total. The van der Waals surface area contributed by atoms with Gasteiger partial charge in [0.1, 0.15) is 34.4 Å². The number of hydrogen-bond donors (Lipinski definition) is 0. The zero-order valence-corrected chi connectivity index (χ0v) is 20.5. The van der Waals surface area contributed by atoms with Gasteiger partial charge in [-0.3, -0.25) is 19.0 Å². The Morgan fingerprint density at radius 3 is 2.76 bits per heavy atom. The summed E-state index contributed by atoms with van der Waals surface area (Å²) in [5.74, 6) is 0.647. The summed E-state index contributed by atoms with van der Waals surface area (Å²) in [7, 11) is 1.61. The van der Waals surface area contributed by atoms with Gasteiger partial charge in [0, 0.05) is 57.4 Å². The van der Waals surface area contributed by atoms with Gasteiger partial charge in [-0.2, -0.15) is 0 Å². The van der Waals surface area contributed by atoms with Crippen LogP contribution in [-0.2, 0) is 11.3 Å². The molecule has 1 aliphatic heterocycles. The Bertz CT molecular complexity index is 1660. The molecule has 6 rings (SSSR count). The number of aromatic nitrogens is 4. The molecule has 0 unspecified atom stereocenters. The lowest BCUT2D eigenvalue weighted by Gasteiger charge is -2.32. The predicted molar refractivity (Wildman–Crippen MR) is 140 cm³/mol. The molecule has 5 heterocycles. The van der Waals surface area contributed by atoms with Crippen LogP contribution < -0.4 is 10.3 Å². The van der Waals surface area contributed by atoms with Crippen LogP contribution in [-0.4, -0.2) is 62.7 Å². The highest BCUT2D eigenvalue weighted by Gasteiger charge is 2.28. The maximum absolute atomic E-state index is 13.7. The fourth-order valence-electron chi connectivity index (χ4n) is 5.03. The summed E-state index contributed by atoms with van der Waals surface area (Å²) in [6.45, 7) is 1.93. The van der Waals surface area contributed by atoms with Crippen LogP contribution in [0.4, 0.5) is 0 Å². The first-order chi connectivity index (χ1) is 18.1. The molecular formula is C28H27N5O4. The van der Waals surface area contributed by atoms with Crippen molar-refractivity contribution in [3.63, 3.8) is 0 Å². The molecule has 0 atom stereocenters. The number of ether oxygens (including phenoxy) is 2.